The van der Waals surface area contributed by atoms with Gasteiger partial charge in [-0.25, -0.2) is 25.9 Å². The van der Waals surface area contributed by atoms with Crippen LogP contribution in [-0.2, 0) is 26.3 Å². The van der Waals surface area contributed by atoms with Crippen LogP contribution in [0.25, 0.3) is 0 Å². The first-order chi connectivity index (χ1) is 16.2. The van der Waals surface area contributed by atoms with Crippen LogP contribution in [0.3, 0.4) is 0 Å². The Balaban J connectivity index is 2.01. The number of hydrogen-bond acceptors (Lipinski definition) is 5. The van der Waals surface area contributed by atoms with Crippen LogP contribution >= 0.6 is 0 Å². The molecule has 3 rings (SSSR count). The average molecular weight is 532 g/mol. The van der Waals surface area contributed by atoms with Crippen molar-refractivity contribution in [3.63, 3.8) is 0 Å². The summed E-state index contributed by atoms with van der Waals surface area (Å²) in [4.78, 5) is -1.21. The monoisotopic (exact) mass is 531 g/mol. The summed E-state index contributed by atoms with van der Waals surface area (Å²) in [6, 6.07) is 13.5. The zero-order valence-electron chi connectivity index (χ0n) is 18.5. The number of nitrogens with one attached hydrogen (secondary N) is 1. The van der Waals surface area contributed by atoms with Crippen molar-refractivity contribution in [2.45, 2.75) is 35.5 Å². The van der Waals surface area contributed by atoms with E-state index < -0.39 is 53.6 Å². The number of ether oxygens (including phenoxy) is 1. The fourth-order valence-corrected chi connectivity index (χ4v) is 5.80. The van der Waals surface area contributed by atoms with Crippen LogP contribution in [0, 0.1) is 5.82 Å². The normalized spacial score (nSPS) is 13.4. The standard InChI is InChI=1S/C23H21F4NO5S2/c1-15(28-34(2,29)30)17-9-7-16(8-10-17)13-18-11-12-19(33-23(25,26)27)14-22(18)35(31,32)21-6-4-3-5-20(21)24/h3-12,14-15,28H,13H2,1-2H3. The van der Waals surface area contributed by atoms with Crippen molar-refractivity contribution in [1.29, 1.82) is 0 Å². The molecule has 0 spiro atoms. The predicted molar refractivity (Wildman–Crippen MR) is 121 cm³/mol. The van der Waals surface area contributed by atoms with Crippen LogP contribution in [-0.4, -0.2) is 29.5 Å². The second kappa shape index (κ2) is 9.96. The molecular formula is C23H21F4NO5S2. The molecular weight excluding hydrogens is 510 g/mol. The summed E-state index contributed by atoms with van der Waals surface area (Å²) in [7, 11) is -7.98. The molecule has 0 bridgehead atoms. The maximum Gasteiger partial charge on any atom is 0.573 e. The topological polar surface area (TPSA) is 89.5 Å². The number of halogens is 4. The highest BCUT2D eigenvalue weighted by molar-refractivity contribution is 7.91. The van der Waals surface area contributed by atoms with Crippen LogP contribution in [0.2, 0.25) is 0 Å². The van der Waals surface area contributed by atoms with Crippen molar-refractivity contribution >= 4 is 19.9 Å². The van der Waals surface area contributed by atoms with E-state index in [4.69, 9.17) is 0 Å². The molecule has 0 amide bonds. The van der Waals surface area contributed by atoms with Gasteiger partial charge in [0, 0.05) is 6.04 Å². The number of rotatable bonds is 8. The molecule has 1 N–H and O–H groups in total. The Morgan fingerprint density at radius 1 is 0.914 bits per heavy atom. The first-order valence-electron chi connectivity index (χ1n) is 10.1. The summed E-state index contributed by atoms with van der Waals surface area (Å²) in [5.41, 5.74) is 1.36. The highest BCUT2D eigenvalue weighted by Crippen LogP contribution is 2.33. The lowest BCUT2D eigenvalue weighted by atomic mass is 10.0. The van der Waals surface area contributed by atoms with Gasteiger partial charge in [0.1, 0.15) is 16.5 Å². The highest BCUT2D eigenvalue weighted by Gasteiger charge is 2.32. The van der Waals surface area contributed by atoms with Crippen molar-refractivity contribution in [2.75, 3.05) is 6.26 Å². The van der Waals surface area contributed by atoms with Gasteiger partial charge in [-0.05, 0) is 54.3 Å². The van der Waals surface area contributed by atoms with Gasteiger partial charge >= 0.3 is 6.36 Å². The average Bonchev–Trinajstić information content (AvgIpc) is 2.73. The zero-order valence-corrected chi connectivity index (χ0v) is 20.1. The Hall–Kier alpha value is -2.96. The van der Waals surface area contributed by atoms with E-state index in [9.17, 15) is 34.4 Å². The molecule has 0 saturated heterocycles. The first-order valence-corrected chi connectivity index (χ1v) is 13.5. The third kappa shape index (κ3) is 7.03. The largest absolute Gasteiger partial charge is 0.573 e. The van der Waals surface area contributed by atoms with E-state index in [1.165, 1.54) is 18.2 Å². The molecule has 0 fully saturated rings. The van der Waals surface area contributed by atoms with Crippen LogP contribution in [0.1, 0.15) is 29.7 Å². The maximum atomic E-state index is 14.3. The van der Waals surface area contributed by atoms with E-state index in [1.807, 2.05) is 0 Å². The van der Waals surface area contributed by atoms with Gasteiger partial charge in [0.25, 0.3) is 0 Å². The smallest absolute Gasteiger partial charge is 0.406 e. The van der Waals surface area contributed by atoms with E-state index in [1.54, 1.807) is 31.2 Å². The van der Waals surface area contributed by atoms with Crippen molar-refractivity contribution < 1.29 is 39.1 Å². The Kier molecular flexibility index (Phi) is 7.58. The van der Waals surface area contributed by atoms with Crippen molar-refractivity contribution in [2.24, 2.45) is 0 Å². The SMILES string of the molecule is CC(NS(C)(=O)=O)c1ccc(Cc2ccc(OC(F)(F)F)cc2S(=O)(=O)c2ccccc2F)cc1. The second-order valence-corrected chi connectivity index (χ2v) is 11.4. The number of hydrogen-bond donors (Lipinski definition) is 1. The zero-order chi connectivity index (χ0) is 26.0. The Bertz CT molecular complexity index is 1420. The lowest BCUT2D eigenvalue weighted by Gasteiger charge is -2.16. The lowest BCUT2D eigenvalue weighted by Crippen LogP contribution is -2.25. The minimum Gasteiger partial charge on any atom is -0.406 e. The summed E-state index contributed by atoms with van der Waals surface area (Å²) < 4.78 is 108. The molecule has 12 heteroatoms. The second-order valence-electron chi connectivity index (χ2n) is 7.78. The molecule has 0 radical (unpaired) electrons. The molecule has 0 saturated carbocycles. The van der Waals surface area contributed by atoms with Crippen LogP contribution in [0.5, 0.6) is 5.75 Å². The summed E-state index contributed by atoms with van der Waals surface area (Å²) >= 11 is 0. The maximum absolute atomic E-state index is 14.3. The number of sulfone groups is 1. The molecule has 0 aromatic heterocycles. The van der Waals surface area contributed by atoms with Crippen LogP contribution in [0.15, 0.2) is 76.5 Å². The third-order valence-electron chi connectivity index (χ3n) is 4.95. The van der Waals surface area contributed by atoms with Crippen molar-refractivity contribution in [3.05, 3.63) is 89.2 Å². The third-order valence-corrected chi connectivity index (χ3v) is 7.60. The predicted octanol–water partition coefficient (Wildman–Crippen LogP) is 4.76. The Morgan fingerprint density at radius 3 is 2.11 bits per heavy atom. The summed E-state index contributed by atoms with van der Waals surface area (Å²) in [6.45, 7) is 1.65. The molecule has 3 aromatic rings. The number of benzene rings is 3. The fourth-order valence-electron chi connectivity index (χ4n) is 3.44. The number of sulfonamides is 1. The van der Waals surface area contributed by atoms with Crippen molar-refractivity contribution in [1.82, 2.24) is 4.72 Å². The van der Waals surface area contributed by atoms with Crippen molar-refractivity contribution in [3.8, 4) is 5.75 Å². The van der Waals surface area contributed by atoms with E-state index in [2.05, 4.69) is 9.46 Å². The van der Waals surface area contributed by atoms with Crippen LogP contribution < -0.4 is 9.46 Å². The first kappa shape index (κ1) is 26.6. The molecule has 6 nitrogen and oxygen atoms in total. The van der Waals surface area contributed by atoms with E-state index in [-0.39, 0.29) is 12.0 Å². The molecule has 3 aromatic carbocycles. The van der Waals surface area contributed by atoms with E-state index in [0.29, 0.717) is 11.1 Å². The van der Waals surface area contributed by atoms with Gasteiger partial charge in [-0.3, -0.25) is 0 Å². The fraction of sp³-hybridized carbons (Fsp3) is 0.217. The van der Waals surface area contributed by atoms with Gasteiger partial charge in [-0.15, -0.1) is 13.2 Å². The van der Waals surface area contributed by atoms with Crippen LogP contribution in [0.4, 0.5) is 17.6 Å². The van der Waals surface area contributed by atoms with E-state index >= 15 is 0 Å². The molecule has 0 aliphatic heterocycles. The number of alkyl halides is 3. The minimum absolute atomic E-state index is 0.0104. The lowest BCUT2D eigenvalue weighted by molar-refractivity contribution is -0.274. The molecule has 35 heavy (non-hydrogen) atoms. The molecule has 0 aliphatic carbocycles. The molecule has 0 aliphatic rings. The van der Waals surface area contributed by atoms with Gasteiger partial charge in [0.05, 0.1) is 11.2 Å². The molecule has 188 valence electrons. The summed E-state index contributed by atoms with van der Waals surface area (Å²) in [5.74, 6) is -1.80. The molecule has 1 atom stereocenters. The Labute approximate surface area is 200 Å². The van der Waals surface area contributed by atoms with E-state index in [0.717, 1.165) is 30.5 Å². The quantitative estimate of drug-likeness (QED) is 0.424. The molecule has 0 heterocycles. The Morgan fingerprint density at radius 2 is 1.54 bits per heavy atom. The minimum atomic E-state index is -5.05. The van der Waals surface area contributed by atoms with Gasteiger partial charge < -0.3 is 4.74 Å². The highest BCUT2D eigenvalue weighted by atomic mass is 32.2. The van der Waals surface area contributed by atoms with Gasteiger partial charge in [-0.1, -0.05) is 42.5 Å². The summed E-state index contributed by atoms with van der Waals surface area (Å²) in [5, 5.41) is 0. The van der Waals surface area contributed by atoms with Gasteiger partial charge in [-0.2, -0.15) is 0 Å². The summed E-state index contributed by atoms with van der Waals surface area (Å²) in [6.07, 6.45) is -4.03. The molecule has 1 unspecified atom stereocenters. The van der Waals surface area contributed by atoms with Gasteiger partial charge in [0.2, 0.25) is 19.9 Å². The van der Waals surface area contributed by atoms with Gasteiger partial charge in [0.15, 0.2) is 0 Å².